The first-order valence-corrected chi connectivity index (χ1v) is 8.09. The number of carbonyl (C=O) groups is 2. The van der Waals surface area contributed by atoms with Gasteiger partial charge in [-0.25, -0.2) is 0 Å². The lowest BCUT2D eigenvalue weighted by Crippen LogP contribution is -2.53. The summed E-state index contributed by atoms with van der Waals surface area (Å²) in [5, 5.41) is 0. The number of amides is 2. The largest absolute Gasteiger partial charge is 0.368 e. The average Bonchev–Trinajstić information content (AvgIpc) is 3.20. The van der Waals surface area contributed by atoms with E-state index >= 15 is 0 Å². The molecule has 5 nitrogen and oxygen atoms in total. The molecule has 3 aliphatic rings. The zero-order chi connectivity index (χ0) is 14.7. The molecule has 0 bridgehead atoms. The van der Waals surface area contributed by atoms with Crippen molar-refractivity contribution in [3.63, 3.8) is 0 Å². The Bertz CT molecular complexity index is 421. The molecule has 0 aromatic rings. The van der Waals surface area contributed by atoms with Crippen LogP contribution in [0.15, 0.2) is 12.2 Å². The van der Waals surface area contributed by atoms with Crippen LogP contribution in [0.2, 0.25) is 0 Å². The highest BCUT2D eigenvalue weighted by Crippen LogP contribution is 2.22. The summed E-state index contributed by atoms with van der Waals surface area (Å²) in [4.78, 5) is 28.3. The van der Waals surface area contributed by atoms with Gasteiger partial charge in [0.15, 0.2) is 0 Å². The average molecular weight is 292 g/mol. The van der Waals surface area contributed by atoms with Crippen LogP contribution in [0.1, 0.15) is 32.1 Å². The van der Waals surface area contributed by atoms with Gasteiger partial charge < -0.3 is 14.5 Å². The number of carbonyl (C=O) groups excluding carboxylic acids is 2. The van der Waals surface area contributed by atoms with Crippen LogP contribution in [-0.4, -0.2) is 60.5 Å². The van der Waals surface area contributed by atoms with Crippen molar-refractivity contribution in [3.8, 4) is 0 Å². The summed E-state index contributed by atoms with van der Waals surface area (Å²) in [6.45, 7) is 3.31. The standard InChI is InChI=1S/C16H24N2O3/c19-15(12-13-4-1-2-5-13)17-7-9-18(10-8-17)16(20)14-6-3-11-21-14/h1,4,13-14H,2-3,5-12H2. The van der Waals surface area contributed by atoms with E-state index < -0.39 is 0 Å². The number of hydrogen-bond donors (Lipinski definition) is 0. The highest BCUT2D eigenvalue weighted by atomic mass is 16.5. The zero-order valence-corrected chi connectivity index (χ0v) is 12.5. The summed E-state index contributed by atoms with van der Waals surface area (Å²) in [6, 6.07) is 0. The third-order valence-corrected chi connectivity index (χ3v) is 4.70. The van der Waals surface area contributed by atoms with Crippen molar-refractivity contribution in [2.75, 3.05) is 32.8 Å². The molecule has 2 saturated heterocycles. The van der Waals surface area contributed by atoms with Gasteiger partial charge in [0.25, 0.3) is 5.91 Å². The molecule has 0 aromatic carbocycles. The van der Waals surface area contributed by atoms with E-state index in [0.717, 1.165) is 25.7 Å². The predicted molar refractivity (Wildman–Crippen MR) is 78.6 cm³/mol. The molecule has 2 aliphatic heterocycles. The Kier molecular flexibility index (Phi) is 4.58. The fraction of sp³-hybridized carbons (Fsp3) is 0.750. The molecule has 2 amide bonds. The Morgan fingerprint density at radius 3 is 2.48 bits per heavy atom. The number of piperazine rings is 1. The van der Waals surface area contributed by atoms with E-state index in [2.05, 4.69) is 12.2 Å². The van der Waals surface area contributed by atoms with Gasteiger partial charge in [-0.05, 0) is 31.6 Å². The van der Waals surface area contributed by atoms with Crippen LogP contribution in [0.25, 0.3) is 0 Å². The lowest BCUT2D eigenvalue weighted by Gasteiger charge is -2.36. The normalized spacial score (nSPS) is 29.1. The van der Waals surface area contributed by atoms with Crippen LogP contribution in [-0.2, 0) is 14.3 Å². The molecule has 2 unspecified atom stereocenters. The Morgan fingerprint density at radius 2 is 1.86 bits per heavy atom. The summed E-state index contributed by atoms with van der Waals surface area (Å²) in [7, 11) is 0. The first-order chi connectivity index (χ1) is 10.2. The second-order valence-electron chi connectivity index (χ2n) is 6.18. The molecule has 0 saturated carbocycles. The Hall–Kier alpha value is -1.36. The number of hydrogen-bond acceptors (Lipinski definition) is 3. The summed E-state index contributed by atoms with van der Waals surface area (Å²) in [6.07, 6.45) is 8.72. The highest BCUT2D eigenvalue weighted by Gasteiger charge is 2.31. The number of allylic oxidation sites excluding steroid dienone is 2. The molecule has 0 spiro atoms. The van der Waals surface area contributed by atoms with Crippen molar-refractivity contribution < 1.29 is 14.3 Å². The van der Waals surface area contributed by atoms with E-state index in [4.69, 9.17) is 4.74 Å². The summed E-state index contributed by atoms with van der Waals surface area (Å²) in [5.41, 5.74) is 0. The molecule has 116 valence electrons. The van der Waals surface area contributed by atoms with Crippen molar-refractivity contribution in [2.24, 2.45) is 5.92 Å². The number of ether oxygens (including phenoxy) is 1. The van der Waals surface area contributed by atoms with Crippen LogP contribution < -0.4 is 0 Å². The summed E-state index contributed by atoms with van der Waals surface area (Å²) < 4.78 is 5.45. The fourth-order valence-corrected chi connectivity index (χ4v) is 3.37. The van der Waals surface area contributed by atoms with Gasteiger partial charge in [-0.1, -0.05) is 12.2 Å². The quantitative estimate of drug-likeness (QED) is 0.734. The maximum Gasteiger partial charge on any atom is 0.251 e. The third kappa shape index (κ3) is 3.46. The molecule has 2 heterocycles. The SMILES string of the molecule is O=C(CC1C=CCC1)N1CCN(C(=O)C2CCCO2)CC1. The van der Waals surface area contributed by atoms with Crippen LogP contribution >= 0.6 is 0 Å². The van der Waals surface area contributed by atoms with E-state index in [9.17, 15) is 9.59 Å². The van der Waals surface area contributed by atoms with Crippen molar-refractivity contribution in [1.82, 2.24) is 9.80 Å². The second kappa shape index (κ2) is 6.60. The molecule has 5 heteroatoms. The van der Waals surface area contributed by atoms with E-state index in [1.54, 1.807) is 0 Å². The van der Waals surface area contributed by atoms with Crippen LogP contribution in [0.5, 0.6) is 0 Å². The molecule has 0 radical (unpaired) electrons. The van der Waals surface area contributed by atoms with Crippen molar-refractivity contribution in [2.45, 2.75) is 38.2 Å². The van der Waals surface area contributed by atoms with E-state index in [1.807, 2.05) is 9.80 Å². The minimum atomic E-state index is -0.240. The van der Waals surface area contributed by atoms with Crippen LogP contribution in [0.3, 0.4) is 0 Å². The van der Waals surface area contributed by atoms with Gasteiger partial charge in [0.1, 0.15) is 6.10 Å². The highest BCUT2D eigenvalue weighted by molar-refractivity contribution is 5.82. The van der Waals surface area contributed by atoms with Gasteiger partial charge in [0.2, 0.25) is 5.91 Å². The first kappa shape index (κ1) is 14.6. The molecular weight excluding hydrogens is 268 g/mol. The van der Waals surface area contributed by atoms with Crippen LogP contribution in [0.4, 0.5) is 0 Å². The Morgan fingerprint density at radius 1 is 1.10 bits per heavy atom. The fourth-order valence-electron chi connectivity index (χ4n) is 3.37. The van der Waals surface area contributed by atoms with Gasteiger partial charge >= 0.3 is 0 Å². The molecule has 2 fully saturated rings. The monoisotopic (exact) mass is 292 g/mol. The Labute approximate surface area is 125 Å². The smallest absolute Gasteiger partial charge is 0.251 e. The second-order valence-corrected chi connectivity index (χ2v) is 6.18. The van der Waals surface area contributed by atoms with Crippen molar-refractivity contribution in [3.05, 3.63) is 12.2 Å². The van der Waals surface area contributed by atoms with Crippen molar-refractivity contribution in [1.29, 1.82) is 0 Å². The van der Waals surface area contributed by atoms with Gasteiger partial charge in [0, 0.05) is 39.2 Å². The summed E-state index contributed by atoms with van der Waals surface area (Å²) >= 11 is 0. The van der Waals surface area contributed by atoms with E-state index in [0.29, 0.717) is 45.1 Å². The molecule has 2 atom stereocenters. The number of rotatable bonds is 3. The third-order valence-electron chi connectivity index (χ3n) is 4.70. The lowest BCUT2D eigenvalue weighted by atomic mass is 10.0. The minimum Gasteiger partial charge on any atom is -0.368 e. The molecular formula is C16H24N2O3. The zero-order valence-electron chi connectivity index (χ0n) is 12.5. The maximum absolute atomic E-state index is 12.3. The molecule has 0 N–H and O–H groups in total. The molecule has 1 aliphatic carbocycles. The summed E-state index contributed by atoms with van der Waals surface area (Å²) in [5.74, 6) is 0.762. The predicted octanol–water partition coefficient (Wildman–Crippen LogP) is 1.19. The topological polar surface area (TPSA) is 49.9 Å². The number of nitrogens with zero attached hydrogens (tertiary/aromatic N) is 2. The van der Waals surface area contributed by atoms with E-state index in [-0.39, 0.29) is 17.9 Å². The van der Waals surface area contributed by atoms with Gasteiger partial charge in [-0.15, -0.1) is 0 Å². The maximum atomic E-state index is 12.3. The van der Waals surface area contributed by atoms with Gasteiger partial charge in [-0.3, -0.25) is 9.59 Å². The van der Waals surface area contributed by atoms with Crippen LogP contribution in [0, 0.1) is 5.92 Å². The minimum absolute atomic E-state index is 0.110. The lowest BCUT2D eigenvalue weighted by molar-refractivity contribution is -0.146. The molecule has 0 aromatic heterocycles. The molecule has 3 rings (SSSR count). The van der Waals surface area contributed by atoms with E-state index in [1.165, 1.54) is 0 Å². The van der Waals surface area contributed by atoms with Gasteiger partial charge in [0.05, 0.1) is 0 Å². The van der Waals surface area contributed by atoms with Gasteiger partial charge in [-0.2, -0.15) is 0 Å². The Balaban J connectivity index is 1.44. The molecule has 21 heavy (non-hydrogen) atoms. The first-order valence-electron chi connectivity index (χ1n) is 8.09. The van der Waals surface area contributed by atoms with Crippen molar-refractivity contribution >= 4 is 11.8 Å².